The van der Waals surface area contributed by atoms with Gasteiger partial charge in [0.25, 0.3) is 0 Å². The molecule has 5 rings (SSSR count). The van der Waals surface area contributed by atoms with Crippen LogP contribution in [0.4, 0.5) is 18.9 Å². The summed E-state index contributed by atoms with van der Waals surface area (Å²) in [5.74, 6) is 0.288. The number of halogens is 3. The highest BCUT2D eigenvalue weighted by atomic mass is 19.4. The van der Waals surface area contributed by atoms with Gasteiger partial charge < -0.3 is 24.8 Å². The molecule has 0 saturated carbocycles. The quantitative estimate of drug-likeness (QED) is 0.277. The van der Waals surface area contributed by atoms with E-state index in [4.69, 9.17) is 0 Å². The molecule has 8 nitrogen and oxygen atoms in total. The Morgan fingerprint density at radius 1 is 1.07 bits per heavy atom. The van der Waals surface area contributed by atoms with Gasteiger partial charge in [-0.25, -0.2) is 9.97 Å². The van der Waals surface area contributed by atoms with Crippen LogP contribution in [0, 0.1) is 0 Å². The lowest BCUT2D eigenvalue weighted by molar-refractivity contribution is -0.274. The van der Waals surface area contributed by atoms with E-state index in [1.807, 2.05) is 17.6 Å². The van der Waals surface area contributed by atoms with Crippen molar-refractivity contribution >= 4 is 22.8 Å². The Bertz CT molecular complexity index is 1490. The molecule has 1 fully saturated rings. The second-order valence-electron chi connectivity index (χ2n) is 10.9. The lowest BCUT2D eigenvalue weighted by Gasteiger charge is -2.37. The number of piperazine rings is 1. The maximum atomic E-state index is 12.9. The first-order valence-corrected chi connectivity index (χ1v) is 14.1. The zero-order valence-corrected chi connectivity index (χ0v) is 23.9. The van der Waals surface area contributed by atoms with Crippen molar-refractivity contribution in [2.45, 2.75) is 64.6 Å². The Balaban J connectivity index is 1.21. The molecule has 2 N–H and O–H groups in total. The van der Waals surface area contributed by atoms with E-state index in [2.05, 4.69) is 68.4 Å². The van der Waals surface area contributed by atoms with Crippen LogP contribution in [0.25, 0.3) is 11.2 Å². The number of amides is 1. The van der Waals surface area contributed by atoms with E-state index in [1.165, 1.54) is 17.8 Å². The van der Waals surface area contributed by atoms with Crippen LogP contribution in [0.2, 0.25) is 0 Å². The van der Waals surface area contributed by atoms with Gasteiger partial charge >= 0.3 is 6.36 Å². The number of hydrogen-bond acceptors (Lipinski definition) is 6. The number of rotatable bonds is 9. The van der Waals surface area contributed by atoms with Crippen LogP contribution in [0.5, 0.6) is 5.75 Å². The molecule has 4 aromatic rings. The molecular weight excluding hydrogens is 545 g/mol. The van der Waals surface area contributed by atoms with E-state index in [9.17, 15) is 18.0 Å². The second kappa shape index (κ2) is 12.4. The molecule has 2 aromatic heterocycles. The van der Waals surface area contributed by atoms with Gasteiger partial charge in [-0.3, -0.25) is 4.79 Å². The number of ether oxygens (including phenoxy) is 1. The summed E-state index contributed by atoms with van der Waals surface area (Å²) >= 11 is 0. The maximum Gasteiger partial charge on any atom is 0.573 e. The van der Waals surface area contributed by atoms with Crippen molar-refractivity contribution in [1.82, 2.24) is 25.2 Å². The fourth-order valence-electron chi connectivity index (χ4n) is 5.48. The minimum Gasteiger partial charge on any atom is -0.406 e. The van der Waals surface area contributed by atoms with Gasteiger partial charge in [0, 0.05) is 49.9 Å². The third kappa shape index (κ3) is 7.39. The van der Waals surface area contributed by atoms with Gasteiger partial charge in [-0.15, -0.1) is 13.2 Å². The van der Waals surface area contributed by atoms with Crippen LogP contribution in [0.1, 0.15) is 50.2 Å². The number of aryl methyl sites for hydroxylation is 1. The van der Waals surface area contributed by atoms with Crippen LogP contribution >= 0.6 is 0 Å². The van der Waals surface area contributed by atoms with Gasteiger partial charge in [0.15, 0.2) is 5.65 Å². The first-order valence-electron chi connectivity index (χ1n) is 14.1. The molecule has 1 saturated heterocycles. The minimum atomic E-state index is -4.75. The number of carbonyl (C=O) groups is 1. The Kier molecular flexibility index (Phi) is 8.67. The SMILES string of the molecule is CC(NC(=O)CCc1nc2cccnc2n1Cc1ccc(OC(F)(F)F)cc1)c1ccc(N2C[C@@H](C)N[C@@H](C)C2)cc1. The van der Waals surface area contributed by atoms with E-state index < -0.39 is 6.36 Å². The van der Waals surface area contributed by atoms with Crippen molar-refractivity contribution in [3.8, 4) is 5.75 Å². The Morgan fingerprint density at radius 3 is 2.43 bits per heavy atom. The van der Waals surface area contributed by atoms with E-state index in [0.717, 1.165) is 24.2 Å². The molecular formula is C31H35F3N6O2. The van der Waals surface area contributed by atoms with Crippen molar-refractivity contribution in [2.24, 2.45) is 0 Å². The molecule has 0 spiro atoms. The number of carbonyl (C=O) groups excluding carboxylic acids is 1. The van der Waals surface area contributed by atoms with E-state index in [1.54, 1.807) is 24.4 Å². The summed E-state index contributed by atoms with van der Waals surface area (Å²) in [6, 6.07) is 18.4. The third-order valence-electron chi connectivity index (χ3n) is 7.35. The smallest absolute Gasteiger partial charge is 0.406 e. The summed E-state index contributed by atoms with van der Waals surface area (Å²) in [7, 11) is 0. The normalized spacial score (nSPS) is 18.2. The van der Waals surface area contributed by atoms with Gasteiger partial charge in [-0.05, 0) is 68.3 Å². The first-order chi connectivity index (χ1) is 20.0. The average Bonchev–Trinajstić information content (AvgIpc) is 3.29. The van der Waals surface area contributed by atoms with Gasteiger partial charge in [-0.2, -0.15) is 0 Å². The summed E-state index contributed by atoms with van der Waals surface area (Å²) in [4.78, 5) is 24.5. The van der Waals surface area contributed by atoms with Crippen molar-refractivity contribution in [2.75, 3.05) is 18.0 Å². The Hall–Kier alpha value is -4.12. The molecule has 3 atom stereocenters. The molecule has 1 amide bonds. The average molecular weight is 581 g/mol. The highest BCUT2D eigenvalue weighted by Gasteiger charge is 2.31. The molecule has 222 valence electrons. The van der Waals surface area contributed by atoms with Crippen LogP contribution < -0.4 is 20.3 Å². The summed E-state index contributed by atoms with van der Waals surface area (Å²) < 4.78 is 43.5. The van der Waals surface area contributed by atoms with Crippen LogP contribution in [0.3, 0.4) is 0 Å². The highest BCUT2D eigenvalue weighted by Crippen LogP contribution is 2.25. The number of imidazole rings is 1. The third-order valence-corrected chi connectivity index (χ3v) is 7.35. The number of alkyl halides is 3. The first kappa shape index (κ1) is 29.4. The zero-order chi connectivity index (χ0) is 29.9. The molecule has 0 radical (unpaired) electrons. The number of hydrogen-bond donors (Lipinski definition) is 2. The molecule has 0 aliphatic carbocycles. The molecule has 11 heteroatoms. The fraction of sp³-hybridized carbons (Fsp3) is 0.387. The summed E-state index contributed by atoms with van der Waals surface area (Å²) in [6.07, 6.45) is -2.49. The summed E-state index contributed by atoms with van der Waals surface area (Å²) in [5.41, 5.74) is 4.28. The zero-order valence-electron chi connectivity index (χ0n) is 23.9. The number of benzene rings is 2. The molecule has 3 heterocycles. The van der Waals surface area contributed by atoms with E-state index in [0.29, 0.717) is 42.0 Å². The Labute approximate surface area is 242 Å². The summed E-state index contributed by atoms with van der Waals surface area (Å²) in [6.45, 7) is 8.59. The maximum absolute atomic E-state index is 12.9. The van der Waals surface area contributed by atoms with Crippen LogP contribution in [-0.4, -0.2) is 52.0 Å². The van der Waals surface area contributed by atoms with Crippen molar-refractivity contribution < 1.29 is 22.7 Å². The largest absolute Gasteiger partial charge is 0.573 e. The minimum absolute atomic E-state index is 0.100. The van der Waals surface area contributed by atoms with Gasteiger partial charge in [-0.1, -0.05) is 24.3 Å². The molecule has 42 heavy (non-hydrogen) atoms. The lowest BCUT2D eigenvalue weighted by Crippen LogP contribution is -2.54. The number of pyridine rings is 1. The van der Waals surface area contributed by atoms with Crippen molar-refractivity contribution in [3.05, 3.63) is 83.8 Å². The number of aromatic nitrogens is 3. The van der Waals surface area contributed by atoms with Crippen molar-refractivity contribution in [3.63, 3.8) is 0 Å². The fourth-order valence-corrected chi connectivity index (χ4v) is 5.48. The predicted octanol–water partition coefficient (Wildman–Crippen LogP) is 5.37. The molecule has 0 bridgehead atoms. The second-order valence-corrected chi connectivity index (χ2v) is 10.9. The van der Waals surface area contributed by atoms with Gasteiger partial charge in [0.1, 0.15) is 17.1 Å². The molecule has 1 aliphatic heterocycles. The monoisotopic (exact) mass is 580 g/mol. The highest BCUT2D eigenvalue weighted by molar-refractivity contribution is 5.77. The Morgan fingerprint density at radius 2 is 1.76 bits per heavy atom. The van der Waals surface area contributed by atoms with E-state index in [-0.39, 0.29) is 24.1 Å². The molecule has 1 aliphatic rings. The number of nitrogens with zero attached hydrogens (tertiary/aromatic N) is 4. The number of nitrogens with one attached hydrogen (secondary N) is 2. The molecule has 1 unspecified atom stereocenters. The van der Waals surface area contributed by atoms with Gasteiger partial charge in [0.2, 0.25) is 5.91 Å². The van der Waals surface area contributed by atoms with Gasteiger partial charge in [0.05, 0.1) is 12.6 Å². The van der Waals surface area contributed by atoms with Crippen molar-refractivity contribution in [1.29, 1.82) is 0 Å². The summed E-state index contributed by atoms with van der Waals surface area (Å²) in [5, 5.41) is 6.63. The lowest BCUT2D eigenvalue weighted by atomic mass is 10.1. The topological polar surface area (TPSA) is 84.3 Å². The van der Waals surface area contributed by atoms with E-state index >= 15 is 0 Å². The molecule has 2 aromatic carbocycles. The predicted molar refractivity (Wildman–Crippen MR) is 155 cm³/mol. The van der Waals surface area contributed by atoms with Crippen LogP contribution in [0.15, 0.2) is 66.9 Å². The number of anilines is 1. The number of fused-ring (bicyclic) bond motifs is 1. The van der Waals surface area contributed by atoms with Crippen LogP contribution in [-0.2, 0) is 17.8 Å². The standard InChI is InChI=1S/C31H35F3N6O2/c1-20-17-39(18-21(2)36-20)25-10-8-24(9-11-25)22(3)37-29(41)15-14-28-38-27-5-4-16-35-30(27)40(28)19-23-6-12-26(13-7-23)42-31(32,33)34/h4-13,16,20-22,36H,14-15,17-19H2,1-3H3,(H,37,41)/t20-,21+,22?.